The van der Waals surface area contributed by atoms with Crippen LogP contribution in [-0.4, -0.2) is 57.3 Å². The highest BCUT2D eigenvalue weighted by molar-refractivity contribution is 7.89. The zero-order chi connectivity index (χ0) is 20.0. The maximum atomic E-state index is 12.5. The highest BCUT2D eigenvalue weighted by atomic mass is 32.2. The van der Waals surface area contributed by atoms with Gasteiger partial charge in [-0.3, -0.25) is 9.59 Å². The predicted molar refractivity (Wildman–Crippen MR) is 104 cm³/mol. The monoisotopic (exact) mass is 396 g/mol. The van der Waals surface area contributed by atoms with Crippen LogP contribution in [0.4, 0.5) is 5.69 Å². The van der Waals surface area contributed by atoms with Gasteiger partial charge in [0.05, 0.1) is 10.8 Å². The Bertz CT molecular complexity index is 760. The SMILES string of the molecule is CCN(CC)S(=O)(=O)c1ccc(N2CC(C(=O)NCCCN)CC2=O)cc1. The van der Waals surface area contributed by atoms with Gasteiger partial charge in [-0.1, -0.05) is 13.8 Å². The van der Waals surface area contributed by atoms with E-state index in [1.807, 2.05) is 0 Å². The zero-order valence-corrected chi connectivity index (χ0v) is 16.7. The molecule has 2 rings (SSSR count). The van der Waals surface area contributed by atoms with Crippen molar-refractivity contribution < 1.29 is 18.0 Å². The van der Waals surface area contributed by atoms with Crippen molar-refractivity contribution in [3.8, 4) is 0 Å². The van der Waals surface area contributed by atoms with Gasteiger partial charge in [0.2, 0.25) is 21.8 Å². The van der Waals surface area contributed by atoms with Gasteiger partial charge >= 0.3 is 0 Å². The van der Waals surface area contributed by atoms with Crippen LogP contribution < -0.4 is 16.0 Å². The summed E-state index contributed by atoms with van der Waals surface area (Å²) in [7, 11) is -3.54. The number of anilines is 1. The predicted octanol–water partition coefficient (Wildman–Crippen LogP) is 0.535. The first-order valence-corrected chi connectivity index (χ1v) is 10.7. The van der Waals surface area contributed by atoms with Crippen molar-refractivity contribution in [2.45, 2.75) is 31.6 Å². The number of hydrogen-bond donors (Lipinski definition) is 2. The van der Waals surface area contributed by atoms with E-state index >= 15 is 0 Å². The van der Waals surface area contributed by atoms with E-state index in [0.29, 0.717) is 38.3 Å². The molecule has 1 unspecified atom stereocenters. The quantitative estimate of drug-likeness (QED) is 0.592. The van der Waals surface area contributed by atoms with E-state index in [4.69, 9.17) is 5.73 Å². The summed E-state index contributed by atoms with van der Waals surface area (Å²) in [5.41, 5.74) is 6.00. The number of carbonyl (C=O) groups excluding carboxylic acids is 2. The molecule has 1 heterocycles. The Balaban J connectivity index is 2.09. The van der Waals surface area contributed by atoms with E-state index in [1.165, 1.54) is 21.3 Å². The number of sulfonamides is 1. The number of rotatable bonds is 9. The molecule has 2 amide bonds. The summed E-state index contributed by atoms with van der Waals surface area (Å²) >= 11 is 0. The highest BCUT2D eigenvalue weighted by Gasteiger charge is 2.35. The van der Waals surface area contributed by atoms with Gasteiger partial charge in [0.1, 0.15) is 0 Å². The molecule has 0 spiro atoms. The first-order chi connectivity index (χ1) is 12.8. The third-order valence-electron chi connectivity index (χ3n) is 4.67. The molecule has 9 heteroatoms. The molecule has 0 saturated carbocycles. The van der Waals surface area contributed by atoms with Crippen molar-refractivity contribution >= 4 is 27.5 Å². The molecule has 1 saturated heterocycles. The van der Waals surface area contributed by atoms with Gasteiger partial charge in [-0.15, -0.1) is 0 Å². The molecule has 0 radical (unpaired) electrons. The molecule has 0 aromatic heterocycles. The Morgan fingerprint density at radius 3 is 2.44 bits per heavy atom. The van der Waals surface area contributed by atoms with Crippen LogP contribution in [-0.2, 0) is 19.6 Å². The van der Waals surface area contributed by atoms with Crippen molar-refractivity contribution in [1.29, 1.82) is 0 Å². The van der Waals surface area contributed by atoms with Crippen LogP contribution >= 0.6 is 0 Å². The van der Waals surface area contributed by atoms with Crippen molar-refractivity contribution in [2.24, 2.45) is 11.7 Å². The fraction of sp³-hybridized carbons (Fsp3) is 0.556. The Morgan fingerprint density at radius 1 is 1.26 bits per heavy atom. The molecule has 1 aliphatic heterocycles. The topological polar surface area (TPSA) is 113 Å². The van der Waals surface area contributed by atoms with Gasteiger partial charge in [-0.05, 0) is 37.2 Å². The molecule has 1 atom stereocenters. The second-order valence-corrected chi connectivity index (χ2v) is 8.36. The Hall–Kier alpha value is -1.97. The van der Waals surface area contributed by atoms with Gasteiger partial charge in [0, 0.05) is 38.3 Å². The molecule has 1 aromatic rings. The maximum Gasteiger partial charge on any atom is 0.243 e. The van der Waals surface area contributed by atoms with E-state index in [-0.39, 0.29) is 29.7 Å². The summed E-state index contributed by atoms with van der Waals surface area (Å²) in [6.45, 7) is 5.65. The Labute approximate surface area is 160 Å². The van der Waals surface area contributed by atoms with Gasteiger partial charge in [-0.25, -0.2) is 8.42 Å². The molecule has 1 aromatic carbocycles. The van der Waals surface area contributed by atoms with Crippen LogP contribution in [0.5, 0.6) is 0 Å². The molecule has 150 valence electrons. The van der Waals surface area contributed by atoms with Gasteiger partial charge in [0.15, 0.2) is 0 Å². The normalized spacial score (nSPS) is 17.6. The van der Waals surface area contributed by atoms with Crippen LogP contribution in [0.25, 0.3) is 0 Å². The molecule has 0 aliphatic carbocycles. The minimum atomic E-state index is -3.54. The van der Waals surface area contributed by atoms with Gasteiger partial charge in [-0.2, -0.15) is 4.31 Å². The lowest BCUT2D eigenvalue weighted by Gasteiger charge is -2.20. The summed E-state index contributed by atoms with van der Waals surface area (Å²) in [5.74, 6) is -0.706. The third-order valence-corrected chi connectivity index (χ3v) is 6.73. The van der Waals surface area contributed by atoms with E-state index in [2.05, 4.69) is 5.32 Å². The van der Waals surface area contributed by atoms with Crippen LogP contribution in [0, 0.1) is 5.92 Å². The number of nitrogens with zero attached hydrogens (tertiary/aromatic N) is 2. The number of nitrogens with two attached hydrogens (primary N) is 1. The van der Waals surface area contributed by atoms with Crippen molar-refractivity contribution in [1.82, 2.24) is 9.62 Å². The summed E-state index contributed by atoms with van der Waals surface area (Å²) < 4.78 is 26.5. The van der Waals surface area contributed by atoms with Crippen molar-refractivity contribution in [2.75, 3.05) is 37.6 Å². The molecule has 3 N–H and O–H groups in total. The lowest BCUT2D eigenvalue weighted by atomic mass is 10.1. The Morgan fingerprint density at radius 2 is 1.89 bits per heavy atom. The van der Waals surface area contributed by atoms with Crippen molar-refractivity contribution in [3.05, 3.63) is 24.3 Å². The molecule has 1 fully saturated rings. The largest absolute Gasteiger partial charge is 0.356 e. The molecular formula is C18H28N4O4S. The number of nitrogens with one attached hydrogen (secondary N) is 1. The second-order valence-electron chi connectivity index (χ2n) is 6.42. The van der Waals surface area contributed by atoms with E-state index in [0.717, 1.165) is 0 Å². The minimum Gasteiger partial charge on any atom is -0.356 e. The zero-order valence-electron chi connectivity index (χ0n) is 15.8. The summed E-state index contributed by atoms with van der Waals surface area (Å²) in [5, 5.41) is 2.79. The molecular weight excluding hydrogens is 368 g/mol. The minimum absolute atomic E-state index is 0.145. The summed E-state index contributed by atoms with van der Waals surface area (Å²) in [6.07, 6.45) is 0.840. The average molecular weight is 397 g/mol. The Kier molecular flexibility index (Phi) is 7.34. The molecule has 8 nitrogen and oxygen atoms in total. The van der Waals surface area contributed by atoms with E-state index in [1.54, 1.807) is 26.0 Å². The summed E-state index contributed by atoms with van der Waals surface area (Å²) in [6, 6.07) is 6.24. The number of carbonyl (C=O) groups is 2. The smallest absolute Gasteiger partial charge is 0.243 e. The van der Waals surface area contributed by atoms with Crippen LogP contribution in [0.1, 0.15) is 26.7 Å². The molecule has 27 heavy (non-hydrogen) atoms. The number of hydrogen-bond acceptors (Lipinski definition) is 5. The fourth-order valence-electron chi connectivity index (χ4n) is 3.10. The highest BCUT2D eigenvalue weighted by Crippen LogP contribution is 2.27. The molecule has 1 aliphatic rings. The van der Waals surface area contributed by atoms with Crippen LogP contribution in [0.2, 0.25) is 0 Å². The maximum absolute atomic E-state index is 12.5. The number of amides is 2. The molecule has 0 bridgehead atoms. The van der Waals surface area contributed by atoms with E-state index < -0.39 is 15.9 Å². The summed E-state index contributed by atoms with van der Waals surface area (Å²) in [4.78, 5) is 26.2. The first-order valence-electron chi connectivity index (χ1n) is 9.23. The average Bonchev–Trinajstić information content (AvgIpc) is 3.04. The fourth-order valence-corrected chi connectivity index (χ4v) is 4.56. The lowest BCUT2D eigenvalue weighted by molar-refractivity contribution is -0.126. The number of benzene rings is 1. The van der Waals surface area contributed by atoms with Gasteiger partial charge in [0.25, 0.3) is 0 Å². The first kappa shape index (κ1) is 21.3. The van der Waals surface area contributed by atoms with Crippen LogP contribution in [0.3, 0.4) is 0 Å². The van der Waals surface area contributed by atoms with Gasteiger partial charge < -0.3 is 16.0 Å². The van der Waals surface area contributed by atoms with Crippen LogP contribution in [0.15, 0.2) is 29.2 Å². The second kappa shape index (κ2) is 9.29. The van der Waals surface area contributed by atoms with E-state index in [9.17, 15) is 18.0 Å². The standard InChI is InChI=1S/C18H28N4O4S/c1-3-21(4-2)27(25,26)16-8-6-15(7-9-16)22-13-14(12-17(22)23)18(24)20-11-5-10-19/h6-9,14H,3-5,10-13,19H2,1-2H3,(H,20,24). The van der Waals surface area contributed by atoms with Crippen molar-refractivity contribution in [3.63, 3.8) is 0 Å². The lowest BCUT2D eigenvalue weighted by Crippen LogP contribution is -2.34. The third kappa shape index (κ3) is 4.85.